The number of carboxylic acid groups (broad SMARTS) is 1. The van der Waals surface area contributed by atoms with Crippen LogP contribution in [0.5, 0.6) is 0 Å². The Bertz CT molecular complexity index is 892. The van der Waals surface area contributed by atoms with Crippen LogP contribution in [0.1, 0.15) is 51.5 Å². The van der Waals surface area contributed by atoms with Crippen LogP contribution in [0.15, 0.2) is 47.8 Å². The summed E-state index contributed by atoms with van der Waals surface area (Å²) in [5.74, 6) is -1.63. The normalized spacial score (nSPS) is 28.1. The van der Waals surface area contributed by atoms with Crippen molar-refractivity contribution in [1.29, 1.82) is 0 Å². The topological polar surface area (TPSA) is 49.8 Å². The zero-order valence-corrected chi connectivity index (χ0v) is 18.3. The van der Waals surface area contributed by atoms with Gasteiger partial charge in [-0.25, -0.2) is 9.18 Å². The van der Waals surface area contributed by atoms with Gasteiger partial charge in [-0.05, 0) is 81.8 Å². The highest BCUT2D eigenvalue weighted by atomic mass is 35.5. The van der Waals surface area contributed by atoms with Gasteiger partial charge in [-0.3, -0.25) is 4.90 Å². The Kier molecular flexibility index (Phi) is 5.82. The molecule has 1 N–H and O–H groups in total. The molecule has 2 atom stereocenters. The predicted molar refractivity (Wildman–Crippen MR) is 115 cm³/mol. The minimum atomic E-state index is -1.23. The summed E-state index contributed by atoms with van der Waals surface area (Å²) in [6.07, 6.45) is 7.19. The lowest BCUT2D eigenvalue weighted by Gasteiger charge is -2.46. The van der Waals surface area contributed by atoms with E-state index in [9.17, 15) is 14.3 Å². The second-order valence-corrected chi connectivity index (χ2v) is 9.68. The van der Waals surface area contributed by atoms with Crippen molar-refractivity contribution in [3.05, 3.63) is 58.4 Å². The zero-order valence-electron chi connectivity index (χ0n) is 17.5. The number of piperidine rings is 1. The molecule has 1 aromatic carbocycles. The number of likely N-dealkylation sites (tertiary alicyclic amines) is 1. The molecule has 1 aliphatic heterocycles. The molecule has 1 saturated heterocycles. The molecule has 0 amide bonds. The number of hydrogen-bond donors (Lipinski definition) is 1. The molecule has 1 saturated carbocycles. The molecule has 1 aromatic rings. The van der Waals surface area contributed by atoms with Gasteiger partial charge >= 0.3 is 5.97 Å². The van der Waals surface area contributed by atoms with Crippen LogP contribution in [-0.2, 0) is 15.1 Å². The average molecular weight is 434 g/mol. The van der Waals surface area contributed by atoms with Crippen molar-refractivity contribution in [3.63, 3.8) is 0 Å². The first kappa shape index (κ1) is 21.5. The summed E-state index contributed by atoms with van der Waals surface area (Å²) in [7, 11) is 0. The van der Waals surface area contributed by atoms with Crippen LogP contribution in [0.4, 0.5) is 4.39 Å². The molecule has 2 fully saturated rings. The largest absolute Gasteiger partial charge is 0.478 e. The van der Waals surface area contributed by atoms with E-state index < -0.39 is 17.4 Å². The Morgan fingerprint density at radius 1 is 1.33 bits per heavy atom. The number of ether oxygens (including phenoxy) is 1. The van der Waals surface area contributed by atoms with Crippen LogP contribution < -0.4 is 0 Å². The van der Waals surface area contributed by atoms with Crippen LogP contribution in [-0.4, -0.2) is 40.8 Å². The molecule has 1 heterocycles. The van der Waals surface area contributed by atoms with Gasteiger partial charge in [0.05, 0.1) is 17.3 Å². The highest BCUT2D eigenvalue weighted by molar-refractivity contribution is 6.30. The highest BCUT2D eigenvalue weighted by Crippen LogP contribution is 2.49. The van der Waals surface area contributed by atoms with E-state index in [1.165, 1.54) is 6.08 Å². The summed E-state index contributed by atoms with van der Waals surface area (Å²) < 4.78 is 20.7. The first-order valence-corrected chi connectivity index (χ1v) is 11.1. The lowest BCUT2D eigenvalue weighted by Crippen LogP contribution is -2.52. The van der Waals surface area contributed by atoms with Gasteiger partial charge in [0.15, 0.2) is 0 Å². The summed E-state index contributed by atoms with van der Waals surface area (Å²) in [5, 5.41) is 10.1. The fraction of sp³-hybridized carbons (Fsp3) is 0.542. The minimum Gasteiger partial charge on any atom is -0.478 e. The Morgan fingerprint density at radius 3 is 2.77 bits per heavy atom. The maximum Gasteiger partial charge on any atom is 0.338 e. The summed E-state index contributed by atoms with van der Waals surface area (Å²) >= 11 is 6.22. The summed E-state index contributed by atoms with van der Waals surface area (Å²) in [6.45, 7) is 6.09. The minimum absolute atomic E-state index is 0.0290. The van der Waals surface area contributed by atoms with E-state index in [1.807, 2.05) is 18.2 Å². The number of carbonyl (C=O) groups is 1. The molecule has 30 heavy (non-hydrogen) atoms. The third kappa shape index (κ3) is 4.20. The lowest BCUT2D eigenvalue weighted by atomic mass is 9.85. The molecule has 4 nitrogen and oxygen atoms in total. The van der Waals surface area contributed by atoms with Gasteiger partial charge in [-0.2, -0.15) is 0 Å². The van der Waals surface area contributed by atoms with Crippen molar-refractivity contribution in [3.8, 4) is 0 Å². The molecule has 0 aromatic heterocycles. The van der Waals surface area contributed by atoms with Crippen molar-refractivity contribution in [1.82, 2.24) is 4.90 Å². The molecule has 6 heteroatoms. The van der Waals surface area contributed by atoms with Crippen LogP contribution in [0, 0.1) is 5.92 Å². The van der Waals surface area contributed by atoms with Gasteiger partial charge in [0.1, 0.15) is 5.83 Å². The van der Waals surface area contributed by atoms with Gasteiger partial charge in [0.2, 0.25) is 0 Å². The Morgan fingerprint density at radius 2 is 2.10 bits per heavy atom. The summed E-state index contributed by atoms with van der Waals surface area (Å²) in [4.78, 5) is 13.9. The molecule has 0 radical (unpaired) electrons. The van der Waals surface area contributed by atoms with E-state index in [0.29, 0.717) is 6.42 Å². The van der Waals surface area contributed by atoms with E-state index in [1.54, 1.807) is 6.08 Å². The van der Waals surface area contributed by atoms with Crippen molar-refractivity contribution < 1.29 is 19.0 Å². The molecular weight excluding hydrogens is 405 g/mol. The van der Waals surface area contributed by atoms with Crippen LogP contribution in [0.25, 0.3) is 0 Å². The molecule has 0 bridgehead atoms. The number of benzene rings is 1. The number of hydrogen-bond acceptors (Lipinski definition) is 3. The third-order valence-corrected chi connectivity index (χ3v) is 7.07. The van der Waals surface area contributed by atoms with Crippen LogP contribution in [0.2, 0.25) is 5.02 Å². The Labute approximate surface area is 182 Å². The molecule has 0 spiro atoms. The second kappa shape index (κ2) is 8.10. The molecule has 2 aliphatic carbocycles. The number of rotatable bonds is 6. The van der Waals surface area contributed by atoms with Crippen molar-refractivity contribution in [2.75, 3.05) is 13.1 Å². The monoisotopic (exact) mass is 433 g/mol. The quantitative estimate of drug-likeness (QED) is 0.646. The van der Waals surface area contributed by atoms with Crippen LogP contribution >= 0.6 is 11.6 Å². The Balaban J connectivity index is 1.54. The van der Waals surface area contributed by atoms with Crippen molar-refractivity contribution in [2.45, 2.75) is 63.2 Å². The maximum absolute atomic E-state index is 14.1. The second-order valence-electron chi connectivity index (χ2n) is 9.25. The van der Waals surface area contributed by atoms with Crippen molar-refractivity contribution >= 4 is 17.6 Å². The fourth-order valence-electron chi connectivity index (χ4n) is 4.83. The standard InChI is InChI=1S/C24H29ClFNO3/c1-23(2,17-5-3-6-18(25)13-17)27-12-4-7-19(15-27)30-24(16-8-9-16)11-10-21(26)20(14-24)22(28)29/h3,5-6,10,13-14,16,19H,4,7-9,11-12,15H2,1-2H3,(H,28,29)/t19?,24-/m0/s1. The van der Waals surface area contributed by atoms with Gasteiger partial charge < -0.3 is 9.84 Å². The first-order valence-electron chi connectivity index (χ1n) is 10.7. The van der Waals surface area contributed by atoms with Gasteiger partial charge in [0.25, 0.3) is 0 Å². The van der Waals surface area contributed by atoms with E-state index in [2.05, 4.69) is 24.8 Å². The third-order valence-electron chi connectivity index (χ3n) is 6.83. The molecular formula is C24H29ClFNO3. The van der Waals surface area contributed by atoms with Crippen LogP contribution in [0.3, 0.4) is 0 Å². The Hall–Kier alpha value is -1.69. The molecule has 1 unspecified atom stereocenters. The lowest BCUT2D eigenvalue weighted by molar-refractivity contribution is -0.133. The van der Waals surface area contributed by atoms with Crippen molar-refractivity contribution in [2.24, 2.45) is 5.92 Å². The number of aliphatic carboxylic acids is 1. The summed E-state index contributed by atoms with van der Waals surface area (Å²) in [6, 6.07) is 7.96. The number of nitrogens with zero attached hydrogens (tertiary/aromatic N) is 1. The average Bonchev–Trinajstić information content (AvgIpc) is 3.55. The zero-order chi connectivity index (χ0) is 21.5. The number of halogens is 2. The molecule has 3 aliphatic rings. The van der Waals surface area contributed by atoms with E-state index in [-0.39, 0.29) is 23.1 Å². The van der Waals surface area contributed by atoms with E-state index in [4.69, 9.17) is 16.3 Å². The van der Waals surface area contributed by atoms with Gasteiger partial charge in [0, 0.05) is 23.5 Å². The fourth-order valence-corrected chi connectivity index (χ4v) is 5.02. The van der Waals surface area contributed by atoms with E-state index in [0.717, 1.165) is 49.4 Å². The van der Waals surface area contributed by atoms with E-state index >= 15 is 0 Å². The van der Waals surface area contributed by atoms with Gasteiger partial charge in [-0.1, -0.05) is 23.7 Å². The predicted octanol–water partition coefficient (Wildman–Crippen LogP) is 5.47. The summed E-state index contributed by atoms with van der Waals surface area (Å²) in [5.41, 5.74) is -0.0271. The van der Waals surface area contributed by atoms with Gasteiger partial charge in [-0.15, -0.1) is 0 Å². The molecule has 162 valence electrons. The smallest absolute Gasteiger partial charge is 0.338 e. The number of carboxylic acids is 1. The highest BCUT2D eigenvalue weighted by Gasteiger charge is 2.48. The molecule has 4 rings (SSSR count). The first-order chi connectivity index (χ1) is 14.2. The maximum atomic E-state index is 14.1. The SMILES string of the molecule is CC(C)(c1cccc(Cl)c1)N1CCCC(O[C@]2(C3CC3)C=C(C(=O)O)C(F)=CC2)C1.